The van der Waals surface area contributed by atoms with Crippen molar-refractivity contribution >= 4 is 38.7 Å². The van der Waals surface area contributed by atoms with Crippen molar-refractivity contribution in [3.63, 3.8) is 0 Å². The van der Waals surface area contributed by atoms with Crippen LogP contribution in [0.2, 0.25) is 0 Å². The van der Waals surface area contributed by atoms with Gasteiger partial charge in [0, 0.05) is 0 Å². The first-order chi connectivity index (χ1) is 3.27. The van der Waals surface area contributed by atoms with Crippen molar-refractivity contribution in [3.8, 4) is 0 Å². The summed E-state index contributed by atoms with van der Waals surface area (Å²) in [6, 6.07) is 0. The van der Waals surface area contributed by atoms with Crippen LogP contribution in [-0.4, -0.2) is 13.1 Å². The molecule has 0 unspecified atom stereocenters. The number of nitrogens with two attached hydrogens (primary N) is 1. The third kappa shape index (κ3) is 8.07. The molecule has 0 aromatic heterocycles. The van der Waals surface area contributed by atoms with Crippen molar-refractivity contribution in [1.82, 2.24) is 3.88 Å². The molecule has 0 aromatic carbocycles. The Kier molecular flexibility index (Phi) is 8.02. The van der Waals surface area contributed by atoms with Crippen LogP contribution in [0, 0.1) is 0 Å². The summed E-state index contributed by atoms with van der Waals surface area (Å²) in [4.78, 5) is 0. The van der Waals surface area contributed by atoms with Crippen LogP contribution < -0.4 is 9.61 Å². The van der Waals surface area contributed by atoms with Crippen molar-refractivity contribution < 1.29 is 10.2 Å². The molecule has 0 fully saturated rings. The number of nitrogens with one attached hydrogen (secondary N) is 1. The molecule has 0 aliphatic carbocycles. The van der Waals surface area contributed by atoms with Gasteiger partial charge in [0.2, 0.25) is 0 Å². The van der Waals surface area contributed by atoms with E-state index in [2.05, 4.69) is 42.6 Å². The average Bonchev–Trinajstić information content (AvgIpc) is 1.61. The van der Waals surface area contributed by atoms with Gasteiger partial charge in [0.25, 0.3) is 0 Å². The van der Waals surface area contributed by atoms with E-state index in [1.807, 2.05) is 0 Å². The van der Waals surface area contributed by atoms with Crippen molar-refractivity contribution in [3.05, 3.63) is 0 Å². The van der Waals surface area contributed by atoms with E-state index in [-0.39, 0.29) is 0 Å². The molecule has 3 N–H and O–H groups in total. The summed E-state index contributed by atoms with van der Waals surface area (Å²) < 4.78 is 3.30. The SMILES string of the molecule is NCC[NH][Pt]([I])[I]. The van der Waals surface area contributed by atoms with Crippen LogP contribution in [0.1, 0.15) is 0 Å². The number of rotatable bonds is 3. The molecule has 5 heteroatoms. The summed E-state index contributed by atoms with van der Waals surface area (Å²) in [6.45, 7) is 1.75. The van der Waals surface area contributed by atoms with E-state index in [0.717, 1.165) is 13.1 Å². The molecule has 7 heavy (non-hydrogen) atoms. The molecule has 0 aliphatic heterocycles. The van der Waals surface area contributed by atoms with Gasteiger partial charge in [-0.1, -0.05) is 0 Å². The van der Waals surface area contributed by atoms with Gasteiger partial charge in [-0.2, -0.15) is 0 Å². The summed E-state index contributed by atoms with van der Waals surface area (Å²) in [5.41, 5.74) is 5.23. The molecule has 0 saturated heterocycles. The zero-order chi connectivity index (χ0) is 5.70. The van der Waals surface area contributed by atoms with Crippen LogP contribution in [-0.2, 0) is 10.2 Å². The zero-order valence-corrected chi connectivity index (χ0v) is 10.2. The molecule has 0 atom stereocenters. The molecule has 0 aliphatic rings. The number of hydrogen-bond donors (Lipinski definition) is 2. The fourth-order valence-corrected chi connectivity index (χ4v) is 3.66. The summed E-state index contributed by atoms with van der Waals surface area (Å²) in [5.74, 6) is 0. The van der Waals surface area contributed by atoms with Gasteiger partial charge in [0.1, 0.15) is 0 Å². The third-order valence-corrected chi connectivity index (χ3v) is 5.43. The van der Waals surface area contributed by atoms with Gasteiger partial charge in [-0.3, -0.25) is 0 Å². The van der Waals surface area contributed by atoms with Crippen LogP contribution in [0.3, 0.4) is 0 Å². The quantitative estimate of drug-likeness (QED) is 0.554. The second kappa shape index (κ2) is 6.19. The van der Waals surface area contributed by atoms with Crippen LogP contribution >= 0.6 is 38.7 Å². The predicted molar refractivity (Wildman–Crippen MR) is 45.1 cm³/mol. The van der Waals surface area contributed by atoms with Crippen molar-refractivity contribution in [2.24, 2.45) is 5.73 Å². The van der Waals surface area contributed by atoms with E-state index in [1.165, 1.54) is 0 Å². The normalized spacial score (nSPS) is 11.6. The van der Waals surface area contributed by atoms with Gasteiger partial charge in [0.05, 0.1) is 0 Å². The van der Waals surface area contributed by atoms with Gasteiger partial charge < -0.3 is 0 Å². The molecule has 0 saturated carbocycles. The summed E-state index contributed by atoms with van der Waals surface area (Å²) in [5, 5.41) is 0. The fraction of sp³-hybridized carbons (Fsp3) is 1.00. The molecule has 0 heterocycles. The molecule has 0 spiro atoms. The Morgan fingerprint density at radius 2 is 2.14 bits per heavy atom. The van der Waals surface area contributed by atoms with Crippen LogP contribution in [0.15, 0.2) is 0 Å². The maximum absolute atomic E-state index is 5.23. The van der Waals surface area contributed by atoms with Gasteiger partial charge in [-0.05, 0) is 0 Å². The molecular weight excluding hydrogens is 501 g/mol. The monoisotopic (exact) mass is 508 g/mol. The summed E-state index contributed by atoms with van der Waals surface area (Å²) in [7, 11) is -0.724. The van der Waals surface area contributed by atoms with Gasteiger partial charge in [-0.25, -0.2) is 0 Å². The second-order valence-electron chi connectivity index (χ2n) is 0.815. The summed E-state index contributed by atoms with van der Waals surface area (Å²) >= 11 is 4.89. The Morgan fingerprint density at radius 1 is 1.57 bits per heavy atom. The predicted octanol–water partition coefficient (Wildman–Crippen LogP) is 0.768. The minimum atomic E-state index is -0.724. The van der Waals surface area contributed by atoms with E-state index >= 15 is 0 Å². The first-order valence-corrected chi connectivity index (χ1v) is 15.7. The molecule has 0 bridgehead atoms. The zero-order valence-electron chi connectivity index (χ0n) is 3.56. The second-order valence-corrected chi connectivity index (χ2v) is 24.7. The molecule has 0 radical (unpaired) electrons. The molecule has 0 rings (SSSR count). The Hall–Kier alpha value is 2.07. The Labute approximate surface area is 70.5 Å². The molecule has 49 valence electrons. The van der Waals surface area contributed by atoms with Gasteiger partial charge in [0.15, 0.2) is 0 Å². The standard InChI is InChI=1S/C2H7N2.2HI.Pt/c3-1-2-4;;;/h3H,1-2,4H2;2*1H;/q-1;;;+3/p-2. The molecule has 0 aromatic rings. The van der Waals surface area contributed by atoms with Crippen LogP contribution in [0.4, 0.5) is 0 Å². The van der Waals surface area contributed by atoms with Gasteiger partial charge >= 0.3 is 71.6 Å². The van der Waals surface area contributed by atoms with Crippen molar-refractivity contribution in [2.75, 3.05) is 13.1 Å². The first-order valence-electron chi connectivity index (χ1n) is 1.66. The van der Waals surface area contributed by atoms with E-state index in [0.29, 0.717) is 0 Å². The topological polar surface area (TPSA) is 38.0 Å². The number of hydrogen-bond acceptors (Lipinski definition) is 2. The average molecular weight is 508 g/mol. The van der Waals surface area contributed by atoms with Crippen LogP contribution in [0.5, 0.6) is 0 Å². The Balaban J connectivity index is 2.68. The maximum atomic E-state index is 5.23. The van der Waals surface area contributed by atoms with E-state index in [9.17, 15) is 0 Å². The number of halogens is 2. The fourth-order valence-electron chi connectivity index (χ4n) is 0.105. The molecule has 0 amide bonds. The summed E-state index contributed by atoms with van der Waals surface area (Å²) in [6.07, 6.45) is 0. The van der Waals surface area contributed by atoms with Crippen molar-refractivity contribution in [2.45, 2.75) is 0 Å². The van der Waals surface area contributed by atoms with E-state index in [4.69, 9.17) is 5.73 Å². The van der Waals surface area contributed by atoms with E-state index in [1.54, 1.807) is 0 Å². The molecule has 2 nitrogen and oxygen atoms in total. The van der Waals surface area contributed by atoms with Crippen LogP contribution in [0.25, 0.3) is 0 Å². The third-order valence-electron chi connectivity index (χ3n) is 0.308. The Morgan fingerprint density at radius 3 is 2.29 bits per heavy atom. The Bertz CT molecular complexity index is 42.7. The van der Waals surface area contributed by atoms with Gasteiger partial charge in [-0.15, -0.1) is 0 Å². The minimum absolute atomic E-state index is 0.724. The first kappa shape index (κ1) is 9.07. The molecular formula is C2H7I2N2Pt. The van der Waals surface area contributed by atoms with E-state index < -0.39 is 10.2 Å². The van der Waals surface area contributed by atoms with Crippen molar-refractivity contribution in [1.29, 1.82) is 0 Å².